The highest BCUT2D eigenvalue weighted by molar-refractivity contribution is 5.38. The van der Waals surface area contributed by atoms with Crippen molar-refractivity contribution in [2.75, 3.05) is 39.3 Å². The lowest BCUT2D eigenvalue weighted by Crippen LogP contribution is -2.47. The van der Waals surface area contributed by atoms with Crippen LogP contribution in [0, 0.1) is 13.8 Å². The predicted octanol–water partition coefficient (Wildman–Crippen LogP) is 0.948. The number of aryl methyl sites for hydroxylation is 1. The van der Waals surface area contributed by atoms with Gasteiger partial charge in [0.15, 0.2) is 0 Å². The monoisotopic (exact) mass is 264 g/mol. The van der Waals surface area contributed by atoms with Crippen LogP contribution in [-0.2, 0) is 0 Å². The Kier molecular flexibility index (Phi) is 5.19. The van der Waals surface area contributed by atoms with E-state index >= 15 is 0 Å². The molecule has 0 aromatic heterocycles. The minimum Gasteiger partial charge on any atom is -0.491 e. The van der Waals surface area contributed by atoms with Gasteiger partial charge in [0.05, 0.1) is 0 Å². The van der Waals surface area contributed by atoms with Crippen molar-refractivity contribution in [3.05, 3.63) is 29.3 Å². The van der Waals surface area contributed by atoms with E-state index in [-0.39, 0.29) is 0 Å². The number of aliphatic hydroxyl groups is 1. The molecular formula is C15H24N2O2. The fourth-order valence-electron chi connectivity index (χ4n) is 2.31. The summed E-state index contributed by atoms with van der Waals surface area (Å²) in [5, 5.41) is 13.3. The molecule has 0 bridgehead atoms. The van der Waals surface area contributed by atoms with Crippen LogP contribution in [0.5, 0.6) is 5.75 Å². The van der Waals surface area contributed by atoms with Crippen LogP contribution in [0.1, 0.15) is 11.1 Å². The van der Waals surface area contributed by atoms with Crippen LogP contribution in [0.3, 0.4) is 0 Å². The summed E-state index contributed by atoms with van der Waals surface area (Å²) < 4.78 is 5.73. The van der Waals surface area contributed by atoms with E-state index in [4.69, 9.17) is 4.74 Å². The minimum absolute atomic E-state index is 0.355. The fourth-order valence-corrected chi connectivity index (χ4v) is 2.31. The molecule has 1 aromatic carbocycles. The van der Waals surface area contributed by atoms with Gasteiger partial charge in [0, 0.05) is 32.7 Å². The van der Waals surface area contributed by atoms with Gasteiger partial charge in [-0.25, -0.2) is 0 Å². The zero-order chi connectivity index (χ0) is 13.7. The van der Waals surface area contributed by atoms with Gasteiger partial charge in [0.25, 0.3) is 0 Å². The topological polar surface area (TPSA) is 44.7 Å². The molecule has 1 aromatic rings. The van der Waals surface area contributed by atoms with Crippen molar-refractivity contribution in [1.82, 2.24) is 10.2 Å². The third-order valence-corrected chi connectivity index (χ3v) is 3.66. The van der Waals surface area contributed by atoms with Crippen LogP contribution < -0.4 is 10.1 Å². The Hall–Kier alpha value is -1.10. The molecule has 1 heterocycles. The standard InChI is InChI=1S/C15H24N2O2/c1-12-4-3-5-15(13(12)2)19-11-14(18)10-17-8-6-16-7-9-17/h3-5,14,16,18H,6-11H2,1-2H3. The van der Waals surface area contributed by atoms with Crippen molar-refractivity contribution in [1.29, 1.82) is 0 Å². The average molecular weight is 264 g/mol. The molecule has 0 saturated carbocycles. The van der Waals surface area contributed by atoms with Crippen molar-refractivity contribution in [2.24, 2.45) is 0 Å². The molecule has 0 aliphatic carbocycles. The molecule has 1 aliphatic heterocycles. The first-order valence-corrected chi connectivity index (χ1v) is 6.97. The summed E-state index contributed by atoms with van der Waals surface area (Å²) in [6.45, 7) is 9.17. The highest BCUT2D eigenvalue weighted by atomic mass is 16.5. The summed E-state index contributed by atoms with van der Waals surface area (Å²) in [6.07, 6.45) is -0.432. The number of nitrogens with one attached hydrogen (secondary N) is 1. The summed E-state index contributed by atoms with van der Waals surface area (Å²) >= 11 is 0. The third-order valence-electron chi connectivity index (χ3n) is 3.66. The van der Waals surface area contributed by atoms with Gasteiger partial charge >= 0.3 is 0 Å². The Morgan fingerprint density at radius 3 is 2.79 bits per heavy atom. The van der Waals surface area contributed by atoms with Crippen molar-refractivity contribution in [3.63, 3.8) is 0 Å². The lowest BCUT2D eigenvalue weighted by molar-refractivity contribution is 0.0639. The lowest BCUT2D eigenvalue weighted by Gasteiger charge is -2.29. The molecule has 2 rings (SSSR count). The molecular weight excluding hydrogens is 240 g/mol. The number of hydrogen-bond donors (Lipinski definition) is 2. The maximum atomic E-state index is 10.0. The zero-order valence-electron chi connectivity index (χ0n) is 11.9. The van der Waals surface area contributed by atoms with E-state index in [1.54, 1.807) is 0 Å². The SMILES string of the molecule is Cc1cccc(OCC(O)CN2CCNCC2)c1C. The Bertz CT molecular complexity index is 403. The molecule has 1 saturated heterocycles. The second-order valence-electron chi connectivity index (χ2n) is 5.21. The third kappa shape index (κ3) is 4.20. The molecule has 1 atom stereocenters. The fraction of sp³-hybridized carbons (Fsp3) is 0.600. The molecule has 1 fully saturated rings. The number of benzene rings is 1. The van der Waals surface area contributed by atoms with Crippen LogP contribution >= 0.6 is 0 Å². The Morgan fingerprint density at radius 1 is 1.32 bits per heavy atom. The zero-order valence-corrected chi connectivity index (χ0v) is 11.9. The van der Waals surface area contributed by atoms with Gasteiger partial charge in [-0.2, -0.15) is 0 Å². The average Bonchev–Trinajstić information content (AvgIpc) is 2.42. The number of rotatable bonds is 5. The summed E-state index contributed by atoms with van der Waals surface area (Å²) in [5.74, 6) is 0.874. The van der Waals surface area contributed by atoms with E-state index in [0.29, 0.717) is 13.2 Å². The summed E-state index contributed by atoms with van der Waals surface area (Å²) in [7, 11) is 0. The van der Waals surface area contributed by atoms with Crippen LogP contribution in [0.2, 0.25) is 0 Å². The molecule has 19 heavy (non-hydrogen) atoms. The Morgan fingerprint density at radius 2 is 2.05 bits per heavy atom. The molecule has 1 unspecified atom stereocenters. The number of aliphatic hydroxyl groups excluding tert-OH is 1. The van der Waals surface area contributed by atoms with E-state index < -0.39 is 6.10 Å². The maximum absolute atomic E-state index is 10.0. The van der Waals surface area contributed by atoms with Crippen molar-refractivity contribution in [3.8, 4) is 5.75 Å². The van der Waals surface area contributed by atoms with Crippen molar-refractivity contribution in [2.45, 2.75) is 20.0 Å². The van der Waals surface area contributed by atoms with E-state index in [1.165, 1.54) is 5.56 Å². The summed E-state index contributed by atoms with van der Waals surface area (Å²) in [4.78, 5) is 2.27. The quantitative estimate of drug-likeness (QED) is 0.831. The van der Waals surface area contributed by atoms with Crippen LogP contribution in [0.25, 0.3) is 0 Å². The molecule has 4 nitrogen and oxygen atoms in total. The summed E-state index contributed by atoms with van der Waals surface area (Å²) in [6, 6.07) is 6.01. The van der Waals surface area contributed by atoms with Crippen LogP contribution in [-0.4, -0.2) is 55.4 Å². The van der Waals surface area contributed by atoms with Crippen LogP contribution in [0.4, 0.5) is 0 Å². The van der Waals surface area contributed by atoms with Gasteiger partial charge in [-0.05, 0) is 31.0 Å². The smallest absolute Gasteiger partial charge is 0.122 e. The first-order chi connectivity index (χ1) is 9.16. The van der Waals surface area contributed by atoms with Gasteiger partial charge in [0.2, 0.25) is 0 Å². The first kappa shape index (κ1) is 14.3. The van der Waals surface area contributed by atoms with Crippen molar-refractivity contribution >= 4 is 0 Å². The second kappa shape index (κ2) is 6.89. The largest absolute Gasteiger partial charge is 0.491 e. The second-order valence-corrected chi connectivity index (χ2v) is 5.21. The minimum atomic E-state index is -0.432. The molecule has 1 aliphatic rings. The molecule has 106 valence electrons. The normalized spacial score (nSPS) is 18.3. The van der Waals surface area contributed by atoms with Gasteiger partial charge < -0.3 is 15.2 Å². The van der Waals surface area contributed by atoms with Crippen molar-refractivity contribution < 1.29 is 9.84 Å². The van der Waals surface area contributed by atoms with Gasteiger partial charge in [-0.15, -0.1) is 0 Å². The molecule has 0 amide bonds. The van der Waals surface area contributed by atoms with E-state index in [2.05, 4.69) is 23.2 Å². The molecule has 4 heteroatoms. The number of nitrogens with zero attached hydrogens (tertiary/aromatic N) is 1. The van der Waals surface area contributed by atoms with Crippen LogP contribution in [0.15, 0.2) is 18.2 Å². The first-order valence-electron chi connectivity index (χ1n) is 6.97. The highest BCUT2D eigenvalue weighted by Gasteiger charge is 2.15. The summed E-state index contributed by atoms with van der Waals surface area (Å²) in [5.41, 5.74) is 2.37. The number of β-amino-alcohol motifs (C(OH)–C–C–N with tert-alkyl or cyclic N) is 1. The van der Waals surface area contributed by atoms with Gasteiger partial charge in [0.1, 0.15) is 18.5 Å². The van der Waals surface area contributed by atoms with E-state index in [0.717, 1.165) is 37.5 Å². The molecule has 0 spiro atoms. The van der Waals surface area contributed by atoms with Gasteiger partial charge in [-0.1, -0.05) is 12.1 Å². The lowest BCUT2D eigenvalue weighted by atomic mass is 10.1. The number of piperazine rings is 1. The Labute approximate surface area is 115 Å². The van der Waals surface area contributed by atoms with E-state index in [9.17, 15) is 5.11 Å². The molecule has 2 N–H and O–H groups in total. The van der Waals surface area contributed by atoms with Gasteiger partial charge in [-0.3, -0.25) is 4.90 Å². The van der Waals surface area contributed by atoms with E-state index in [1.807, 2.05) is 19.1 Å². The predicted molar refractivity (Wildman–Crippen MR) is 76.7 cm³/mol. The number of hydrogen-bond acceptors (Lipinski definition) is 4. The Balaban J connectivity index is 1.79. The maximum Gasteiger partial charge on any atom is 0.122 e. The number of ether oxygens (including phenoxy) is 1. The highest BCUT2D eigenvalue weighted by Crippen LogP contribution is 2.20. The molecule has 0 radical (unpaired) electrons.